The molecule has 10 heteroatoms. The molecule has 3 rings (SSSR count). The van der Waals surface area contributed by atoms with E-state index in [2.05, 4.69) is 9.72 Å². The average molecular weight is 496 g/mol. The molecule has 1 unspecified atom stereocenters. The van der Waals surface area contributed by atoms with Crippen molar-refractivity contribution in [3.8, 4) is 5.75 Å². The molecule has 160 valence electrons. The number of rotatable bonds is 9. The van der Waals surface area contributed by atoms with Crippen molar-refractivity contribution >= 4 is 46.4 Å². The largest absolute Gasteiger partial charge is 0.431 e. The van der Waals surface area contributed by atoms with Crippen molar-refractivity contribution < 1.29 is 18.3 Å². The molecule has 3 aromatic rings. The summed E-state index contributed by atoms with van der Waals surface area (Å²) in [5.74, 6) is -0.0641. The van der Waals surface area contributed by atoms with Gasteiger partial charge >= 0.3 is 6.11 Å². The van der Waals surface area contributed by atoms with Gasteiger partial charge in [-0.15, -0.1) is 0 Å². The highest BCUT2D eigenvalue weighted by molar-refractivity contribution is 6.44. The van der Waals surface area contributed by atoms with Gasteiger partial charge in [0.25, 0.3) is 0 Å². The monoisotopic (exact) mass is 494 g/mol. The summed E-state index contributed by atoms with van der Waals surface area (Å²) < 4.78 is 39.4. The molecule has 0 saturated heterocycles. The average Bonchev–Trinajstić information content (AvgIpc) is 3.19. The molecule has 0 spiro atoms. The van der Waals surface area contributed by atoms with Crippen LogP contribution in [-0.2, 0) is 17.9 Å². The minimum Gasteiger partial charge on any atom is -0.431 e. The molecule has 1 aromatic heterocycles. The zero-order valence-electron chi connectivity index (χ0n) is 15.3. The van der Waals surface area contributed by atoms with Crippen molar-refractivity contribution in [3.05, 3.63) is 82.4 Å². The lowest BCUT2D eigenvalue weighted by atomic mass is 10.1. The first-order valence-corrected chi connectivity index (χ1v) is 10.3. The number of hydrogen-bond acceptors (Lipinski definition) is 3. The molecule has 0 amide bonds. The van der Waals surface area contributed by atoms with Crippen LogP contribution in [-0.4, -0.2) is 20.5 Å². The fourth-order valence-electron chi connectivity index (χ4n) is 2.64. The van der Waals surface area contributed by atoms with Gasteiger partial charge in [0.05, 0.1) is 19.5 Å². The van der Waals surface area contributed by atoms with E-state index in [-0.39, 0.29) is 12.4 Å². The van der Waals surface area contributed by atoms with E-state index in [1.807, 2.05) is 10.8 Å². The molecular weight excluding hydrogens is 480 g/mol. The van der Waals surface area contributed by atoms with Crippen LogP contribution in [0.25, 0.3) is 0 Å². The minimum atomic E-state index is -3.69. The summed E-state index contributed by atoms with van der Waals surface area (Å²) in [5, 5.41) is 1.00. The highest BCUT2D eigenvalue weighted by Gasteiger charge is 2.40. The number of hydrogen-bond donors (Lipinski definition) is 0. The van der Waals surface area contributed by atoms with Crippen LogP contribution >= 0.6 is 46.4 Å². The van der Waals surface area contributed by atoms with Gasteiger partial charge in [0.1, 0.15) is 11.9 Å². The highest BCUT2D eigenvalue weighted by Crippen LogP contribution is 2.32. The Kier molecular flexibility index (Phi) is 7.82. The lowest BCUT2D eigenvalue weighted by molar-refractivity contribution is -0.163. The minimum absolute atomic E-state index is 0.0641. The topological polar surface area (TPSA) is 36.3 Å². The van der Waals surface area contributed by atoms with Crippen molar-refractivity contribution in [3.63, 3.8) is 0 Å². The zero-order valence-corrected chi connectivity index (χ0v) is 18.3. The molecule has 0 bridgehead atoms. The number of nitrogens with zero attached hydrogens (tertiary/aromatic N) is 2. The van der Waals surface area contributed by atoms with Gasteiger partial charge in [0.2, 0.25) is 4.84 Å². The van der Waals surface area contributed by atoms with Crippen LogP contribution in [0.15, 0.2) is 61.2 Å². The summed E-state index contributed by atoms with van der Waals surface area (Å²) in [6.07, 6.45) is 1.07. The van der Waals surface area contributed by atoms with Crippen LogP contribution in [0.1, 0.15) is 17.2 Å². The van der Waals surface area contributed by atoms with Gasteiger partial charge in [-0.25, -0.2) is 4.98 Å². The SMILES string of the molecule is FC(F)(Oc1ccc(COC(Cn2ccnc2)c2ccc(Cl)cc2Cl)cc1)C(Cl)Cl. The number of imidazole rings is 1. The lowest BCUT2D eigenvalue weighted by Crippen LogP contribution is -2.32. The molecule has 0 saturated carbocycles. The van der Waals surface area contributed by atoms with Crippen molar-refractivity contribution in [2.75, 3.05) is 0 Å². The molecule has 30 heavy (non-hydrogen) atoms. The van der Waals surface area contributed by atoms with Gasteiger partial charge in [-0.3, -0.25) is 0 Å². The predicted octanol–water partition coefficient (Wildman–Crippen LogP) is 6.92. The number of aromatic nitrogens is 2. The van der Waals surface area contributed by atoms with Crippen molar-refractivity contribution in [2.24, 2.45) is 0 Å². The highest BCUT2D eigenvalue weighted by atomic mass is 35.5. The zero-order chi connectivity index (χ0) is 21.7. The van der Waals surface area contributed by atoms with Gasteiger partial charge in [0, 0.05) is 28.0 Å². The Bertz CT molecular complexity index is 954. The first-order chi connectivity index (χ1) is 14.2. The summed E-state index contributed by atoms with van der Waals surface area (Å²) >= 11 is 22.8. The van der Waals surface area contributed by atoms with Crippen molar-refractivity contribution in [1.82, 2.24) is 9.55 Å². The molecular formula is C20H16Cl4F2N2O2. The maximum atomic E-state index is 13.5. The van der Waals surface area contributed by atoms with E-state index >= 15 is 0 Å². The van der Waals surface area contributed by atoms with Gasteiger partial charge < -0.3 is 14.0 Å². The Hall–Kier alpha value is -1.57. The van der Waals surface area contributed by atoms with Gasteiger partial charge in [-0.1, -0.05) is 64.6 Å². The quantitative estimate of drug-likeness (QED) is 0.302. The van der Waals surface area contributed by atoms with E-state index in [0.29, 0.717) is 16.6 Å². The molecule has 0 aliphatic carbocycles. The van der Waals surface area contributed by atoms with Crippen LogP contribution in [0, 0.1) is 0 Å². The number of halogens is 6. The Labute approximate surface area is 192 Å². The Morgan fingerprint density at radius 1 is 1.07 bits per heavy atom. The third-order valence-corrected chi connectivity index (χ3v) is 5.20. The smallest absolute Gasteiger partial charge is 0.428 e. The van der Waals surface area contributed by atoms with Gasteiger partial charge in [0.15, 0.2) is 0 Å². The molecule has 0 aliphatic heterocycles. The van der Waals surface area contributed by atoms with E-state index in [1.54, 1.807) is 42.9 Å². The first-order valence-electron chi connectivity index (χ1n) is 8.71. The van der Waals surface area contributed by atoms with Crippen molar-refractivity contribution in [2.45, 2.75) is 30.2 Å². The second-order valence-corrected chi connectivity index (χ2v) is 8.27. The Morgan fingerprint density at radius 2 is 1.80 bits per heavy atom. The van der Waals surface area contributed by atoms with E-state index in [9.17, 15) is 8.78 Å². The van der Waals surface area contributed by atoms with Crippen LogP contribution in [0.5, 0.6) is 5.75 Å². The van der Waals surface area contributed by atoms with Crippen LogP contribution < -0.4 is 4.74 Å². The summed E-state index contributed by atoms with van der Waals surface area (Å²) in [5.41, 5.74) is 1.52. The Morgan fingerprint density at radius 3 is 2.40 bits per heavy atom. The fourth-order valence-corrected chi connectivity index (χ4v) is 3.26. The molecule has 1 heterocycles. The van der Waals surface area contributed by atoms with Crippen LogP contribution in [0.3, 0.4) is 0 Å². The molecule has 1 atom stereocenters. The van der Waals surface area contributed by atoms with Crippen LogP contribution in [0.4, 0.5) is 8.78 Å². The molecule has 2 aromatic carbocycles. The summed E-state index contributed by atoms with van der Waals surface area (Å²) in [6.45, 7) is 0.685. The number of alkyl halides is 4. The standard InChI is InChI=1S/C20H16Cl4F2N2O2/c21-14-3-6-16(17(22)9-14)18(10-28-8-7-27-12-28)29-11-13-1-4-15(5-2-13)30-20(25,26)19(23)24/h1-9,12,18-19H,10-11H2. The van der Waals surface area contributed by atoms with Crippen LogP contribution in [0.2, 0.25) is 10.0 Å². The van der Waals surface area contributed by atoms with E-state index in [4.69, 9.17) is 51.1 Å². The first kappa shape index (κ1) is 23.1. The van der Waals surface area contributed by atoms with Gasteiger partial charge in [-0.05, 0) is 29.8 Å². The van der Waals surface area contributed by atoms with E-state index < -0.39 is 17.0 Å². The summed E-state index contributed by atoms with van der Waals surface area (Å²) in [7, 11) is 0. The molecule has 0 radical (unpaired) electrons. The van der Waals surface area contributed by atoms with E-state index in [0.717, 1.165) is 11.1 Å². The maximum absolute atomic E-state index is 13.5. The lowest BCUT2D eigenvalue weighted by Gasteiger charge is -2.21. The van der Waals surface area contributed by atoms with E-state index in [1.165, 1.54) is 12.1 Å². The number of ether oxygens (including phenoxy) is 2. The third kappa shape index (κ3) is 6.22. The van der Waals surface area contributed by atoms with Crippen molar-refractivity contribution in [1.29, 1.82) is 0 Å². The fraction of sp³-hybridized carbons (Fsp3) is 0.250. The molecule has 0 fully saturated rings. The molecule has 4 nitrogen and oxygen atoms in total. The molecule has 0 N–H and O–H groups in total. The maximum Gasteiger partial charge on any atom is 0.428 e. The second kappa shape index (κ2) is 10.2. The predicted molar refractivity (Wildman–Crippen MR) is 114 cm³/mol. The summed E-state index contributed by atoms with van der Waals surface area (Å²) in [6, 6.07) is 11.2. The third-order valence-electron chi connectivity index (χ3n) is 4.13. The normalized spacial score (nSPS) is 12.9. The molecule has 0 aliphatic rings. The number of benzene rings is 2. The summed E-state index contributed by atoms with van der Waals surface area (Å²) in [4.78, 5) is 2.06. The second-order valence-electron chi connectivity index (χ2n) is 6.33. The Balaban J connectivity index is 1.71. The van der Waals surface area contributed by atoms with Gasteiger partial charge in [-0.2, -0.15) is 8.78 Å².